The second-order valence-corrected chi connectivity index (χ2v) is 8.38. The maximum atomic E-state index is 13.0. The number of hydrogen-bond acceptors (Lipinski definition) is 10. The van der Waals surface area contributed by atoms with E-state index >= 15 is 0 Å². The van der Waals surface area contributed by atoms with Crippen molar-refractivity contribution in [3.05, 3.63) is 83.1 Å². The number of nitrogens with zero attached hydrogens (tertiary/aromatic N) is 3. The summed E-state index contributed by atoms with van der Waals surface area (Å²) >= 11 is 5.80. The number of ether oxygens (including phenoxy) is 3. The van der Waals surface area contributed by atoms with E-state index in [1.165, 1.54) is 12.1 Å². The normalized spacial score (nSPS) is 9.70. The number of benzene rings is 3. The molecule has 17 heteroatoms. The number of carbonyl (C=O) groups excluding carboxylic acids is 3. The first-order valence-corrected chi connectivity index (χ1v) is 12.7. The molecule has 0 saturated heterocycles. The molecule has 0 spiro atoms. The summed E-state index contributed by atoms with van der Waals surface area (Å²) in [5, 5.41) is 37.0. The molecule has 0 bridgehead atoms. The minimum atomic E-state index is -1.32. The van der Waals surface area contributed by atoms with Crippen LogP contribution in [-0.2, 0) is 14.4 Å². The molecule has 4 N–H and O–H groups in total. The number of amides is 3. The summed E-state index contributed by atoms with van der Waals surface area (Å²) in [5.41, 5.74) is 0. The van der Waals surface area contributed by atoms with Crippen molar-refractivity contribution in [3.63, 3.8) is 0 Å². The van der Waals surface area contributed by atoms with Crippen molar-refractivity contribution in [1.29, 1.82) is 0 Å². The molecule has 0 aliphatic carbocycles. The quantitative estimate of drug-likeness (QED) is 0.0829. The molecule has 0 aliphatic heterocycles. The van der Waals surface area contributed by atoms with Crippen LogP contribution in [0.4, 0.5) is 13.2 Å². The van der Waals surface area contributed by atoms with Crippen molar-refractivity contribution in [2.75, 3.05) is 39.5 Å². The lowest BCUT2D eigenvalue weighted by molar-refractivity contribution is -0.151. The number of para-hydroxylation sites is 1. The van der Waals surface area contributed by atoms with Crippen molar-refractivity contribution >= 4 is 30.8 Å². The van der Waals surface area contributed by atoms with E-state index in [9.17, 15) is 27.6 Å². The van der Waals surface area contributed by atoms with Gasteiger partial charge >= 0.3 is 0 Å². The number of hydrogen-bond donors (Lipinski definition) is 4. The van der Waals surface area contributed by atoms with E-state index in [1.54, 1.807) is 36.4 Å². The van der Waals surface area contributed by atoms with Gasteiger partial charge in [-0.3, -0.25) is 30.0 Å². The van der Waals surface area contributed by atoms with E-state index in [2.05, 4.69) is 0 Å². The third kappa shape index (κ3) is 15.5. The van der Waals surface area contributed by atoms with Crippen LogP contribution in [0.3, 0.4) is 0 Å². The van der Waals surface area contributed by atoms with Crippen LogP contribution in [0.2, 0.25) is 5.02 Å². The van der Waals surface area contributed by atoms with Gasteiger partial charge in [-0.15, -0.1) is 0 Å². The lowest BCUT2D eigenvalue weighted by Gasteiger charge is -2.10. The van der Waals surface area contributed by atoms with Crippen molar-refractivity contribution in [2.45, 2.75) is 0 Å². The molecule has 0 heterocycles. The molecule has 0 aromatic heterocycles. The minimum Gasteiger partial charge on any atom is -0.508 e. The zero-order valence-corrected chi connectivity index (χ0v) is 23.6. The Bertz CT molecular complexity index is 1310. The zero-order chi connectivity index (χ0) is 32.9. The molecule has 0 radical (unpaired) electrons. The molecule has 0 saturated carbocycles. The average Bonchev–Trinajstić information content (AvgIpc) is 3.01. The highest BCUT2D eigenvalue weighted by Gasteiger charge is 2.11. The molecule has 3 aromatic carbocycles. The maximum Gasteiger partial charge on any atom is 0.233 e. The van der Waals surface area contributed by atoms with Gasteiger partial charge in [0.1, 0.15) is 37.1 Å². The van der Waals surface area contributed by atoms with Crippen molar-refractivity contribution in [2.24, 2.45) is 0 Å². The molecule has 3 aromatic rings. The number of hydroxylamine groups is 6. The van der Waals surface area contributed by atoms with E-state index in [0.717, 1.165) is 0 Å². The fourth-order valence-electron chi connectivity index (χ4n) is 2.66. The topological polar surface area (TPSA) is 170 Å². The highest BCUT2D eigenvalue weighted by molar-refractivity contribution is 6.32. The predicted octanol–water partition coefficient (Wildman–Crippen LogP) is 3.52. The molecule has 3 rings (SSSR count). The summed E-state index contributed by atoms with van der Waals surface area (Å²) in [7, 11) is 0. The fourth-order valence-corrected chi connectivity index (χ4v) is 2.85. The number of phenols is 1. The smallest absolute Gasteiger partial charge is 0.233 e. The summed E-state index contributed by atoms with van der Waals surface area (Å²) in [6.45, 7) is 0.0741. The first kappa shape index (κ1) is 37.3. The van der Waals surface area contributed by atoms with Gasteiger partial charge < -0.3 is 19.3 Å². The second kappa shape index (κ2) is 21.0. The van der Waals surface area contributed by atoms with Gasteiger partial charge in [0.05, 0.1) is 24.7 Å². The van der Waals surface area contributed by atoms with E-state index in [-0.39, 0.29) is 56.7 Å². The average molecular weight is 648 g/mol. The Morgan fingerprint density at radius 3 is 1.66 bits per heavy atom. The van der Waals surface area contributed by atoms with Gasteiger partial charge in [0, 0.05) is 18.2 Å². The third-order valence-electron chi connectivity index (χ3n) is 4.74. The number of rotatable bonds is 15. The van der Waals surface area contributed by atoms with Crippen LogP contribution in [0, 0.1) is 17.5 Å². The number of carbonyl (C=O) groups is 3. The fraction of sp³-hybridized carbons (Fsp3) is 0.222. The van der Waals surface area contributed by atoms with Gasteiger partial charge in [-0.2, -0.15) is 0 Å². The number of halogens is 4. The molecular weight excluding hydrogens is 619 g/mol. The van der Waals surface area contributed by atoms with Crippen LogP contribution >= 0.6 is 11.6 Å². The molecular formula is C27H29ClF3N3O10. The van der Waals surface area contributed by atoms with E-state index in [4.69, 9.17) is 46.5 Å². The molecule has 240 valence electrons. The lowest BCUT2D eigenvalue weighted by atomic mass is 10.3. The third-order valence-corrected chi connectivity index (χ3v) is 5.05. The predicted molar refractivity (Wildman–Crippen MR) is 146 cm³/mol. The standard InChI is InChI=1S/C9H10ClNO3.C9H8F3NO3.C9H11NO4/c10-8-3-1-2-4-9(8)14-6-5-11(13)7-12;10-6-3-8(12)9(4-7(6)11)16-2-1-13(15)5-14;11-7-10(13)4-5-14-9-3-1-2-8(12)6-9/h1-4,7,13H,5-6H2;3-5,15H,1-2H2;1-3,6-7,12-13H,4-5H2. The van der Waals surface area contributed by atoms with Gasteiger partial charge in [0.25, 0.3) is 0 Å². The van der Waals surface area contributed by atoms with E-state index in [0.29, 0.717) is 51.6 Å². The Hall–Kier alpha value is -4.77. The molecule has 44 heavy (non-hydrogen) atoms. The SMILES string of the molecule is O=CN(O)CCOc1cc(F)c(F)cc1F.O=CN(O)CCOc1cccc(O)c1.O=CN(O)CCOc1ccccc1Cl. The van der Waals surface area contributed by atoms with Gasteiger partial charge in [-0.1, -0.05) is 29.8 Å². The van der Waals surface area contributed by atoms with Gasteiger partial charge in [0.15, 0.2) is 23.2 Å². The highest BCUT2D eigenvalue weighted by atomic mass is 35.5. The van der Waals surface area contributed by atoms with Crippen molar-refractivity contribution in [1.82, 2.24) is 15.2 Å². The second-order valence-electron chi connectivity index (χ2n) is 7.98. The summed E-state index contributed by atoms with van der Waals surface area (Å²) in [6.07, 6.45) is 0.743. The highest BCUT2D eigenvalue weighted by Crippen LogP contribution is 2.23. The zero-order valence-electron chi connectivity index (χ0n) is 22.8. The Kier molecular flexibility index (Phi) is 17.8. The Labute approximate surface area is 254 Å². The van der Waals surface area contributed by atoms with E-state index in [1.807, 2.05) is 0 Å². The number of aromatic hydroxyl groups is 1. The molecule has 0 aliphatic rings. The van der Waals surface area contributed by atoms with Crippen LogP contribution in [0.1, 0.15) is 0 Å². The van der Waals surface area contributed by atoms with E-state index < -0.39 is 23.2 Å². The Balaban J connectivity index is 0.000000331. The minimum absolute atomic E-state index is 0.0825. The molecule has 3 amide bonds. The first-order valence-electron chi connectivity index (χ1n) is 12.3. The summed E-state index contributed by atoms with van der Waals surface area (Å²) in [5.74, 6) is -2.97. The van der Waals surface area contributed by atoms with Gasteiger partial charge in [-0.25, -0.2) is 28.4 Å². The van der Waals surface area contributed by atoms with Gasteiger partial charge in [-0.05, 0) is 24.3 Å². The Morgan fingerprint density at radius 1 is 0.636 bits per heavy atom. The molecule has 0 fully saturated rings. The van der Waals surface area contributed by atoms with Gasteiger partial charge in [0.2, 0.25) is 19.2 Å². The first-order chi connectivity index (χ1) is 21.0. The van der Waals surface area contributed by atoms with Crippen LogP contribution in [-0.4, -0.2) is 94.6 Å². The number of phenolic OH excluding ortho intramolecular Hbond substituents is 1. The molecule has 13 nitrogen and oxygen atoms in total. The van der Waals surface area contributed by atoms with Crippen LogP contribution < -0.4 is 14.2 Å². The van der Waals surface area contributed by atoms with Crippen molar-refractivity contribution < 1.29 is 62.5 Å². The largest absolute Gasteiger partial charge is 0.508 e. The summed E-state index contributed by atoms with van der Waals surface area (Å²) in [6, 6.07) is 14.2. The van der Waals surface area contributed by atoms with Crippen LogP contribution in [0.15, 0.2) is 60.7 Å². The molecule has 0 atom stereocenters. The summed E-state index contributed by atoms with van der Waals surface area (Å²) in [4.78, 5) is 29.9. The van der Waals surface area contributed by atoms with Crippen LogP contribution in [0.5, 0.6) is 23.0 Å². The van der Waals surface area contributed by atoms with Crippen molar-refractivity contribution in [3.8, 4) is 23.0 Å². The van der Waals surface area contributed by atoms with Crippen LogP contribution in [0.25, 0.3) is 0 Å². The molecule has 0 unspecified atom stereocenters. The monoisotopic (exact) mass is 647 g/mol. The maximum absolute atomic E-state index is 13.0. The Morgan fingerprint density at radius 2 is 1.14 bits per heavy atom. The lowest BCUT2D eigenvalue weighted by Crippen LogP contribution is -2.23. The summed E-state index contributed by atoms with van der Waals surface area (Å²) < 4.78 is 53.2.